The molecule has 182 valence electrons. The molecular weight excluding hydrogens is 462 g/mol. The number of benzene rings is 1. The molecule has 3 aliphatic rings. The first-order valence-corrected chi connectivity index (χ1v) is 13.5. The summed E-state index contributed by atoms with van der Waals surface area (Å²) in [7, 11) is 0.739. The summed E-state index contributed by atoms with van der Waals surface area (Å²) in [5, 5.41) is 4.65. The molecule has 2 atom stereocenters. The first-order valence-electron chi connectivity index (χ1n) is 12.2. The van der Waals surface area contributed by atoms with Crippen molar-refractivity contribution in [1.82, 2.24) is 19.9 Å². The summed E-state index contributed by atoms with van der Waals surface area (Å²) in [6.07, 6.45) is 1.97. The average Bonchev–Trinajstić information content (AvgIpc) is 3.27. The van der Waals surface area contributed by atoms with Crippen LogP contribution in [0.25, 0.3) is 10.9 Å². The van der Waals surface area contributed by atoms with Crippen molar-refractivity contribution >= 4 is 45.2 Å². The lowest BCUT2D eigenvalue weighted by atomic mass is 10.1. The maximum Gasteiger partial charge on any atom is 0.227 e. The minimum absolute atomic E-state index is 0.0953. The molecule has 2 fully saturated rings. The highest BCUT2D eigenvalue weighted by molar-refractivity contribution is 7.85. The molecule has 1 aromatic carbocycles. The van der Waals surface area contributed by atoms with E-state index in [1.807, 2.05) is 25.2 Å². The molecule has 2 unspecified atom stereocenters. The van der Waals surface area contributed by atoms with Gasteiger partial charge in [0.2, 0.25) is 11.9 Å². The van der Waals surface area contributed by atoms with Gasteiger partial charge in [-0.05, 0) is 24.6 Å². The Balaban J connectivity index is 1.20. The molecule has 0 aliphatic carbocycles. The van der Waals surface area contributed by atoms with Crippen LogP contribution in [-0.4, -0.2) is 81.5 Å². The highest BCUT2D eigenvalue weighted by atomic mass is 32.2. The number of carbonyl (C=O) groups excluding carboxylic acids is 1. The minimum atomic E-state index is -1.09. The van der Waals surface area contributed by atoms with Crippen molar-refractivity contribution in [3.63, 3.8) is 0 Å². The maximum atomic E-state index is 12.7. The molecule has 35 heavy (non-hydrogen) atoms. The van der Waals surface area contributed by atoms with E-state index in [2.05, 4.69) is 33.3 Å². The summed E-state index contributed by atoms with van der Waals surface area (Å²) in [6.45, 7) is 3.86. The molecule has 9 nitrogen and oxygen atoms in total. The smallest absolute Gasteiger partial charge is 0.227 e. The first-order chi connectivity index (χ1) is 17.0. The number of aryl methyl sites for hydroxylation is 1. The number of likely N-dealkylation sites (N-methyl/N-ethyl adjacent to an activating group) is 1. The van der Waals surface area contributed by atoms with Gasteiger partial charge in [0.25, 0.3) is 0 Å². The lowest BCUT2D eigenvalue weighted by Gasteiger charge is -2.36. The van der Waals surface area contributed by atoms with Gasteiger partial charge >= 0.3 is 0 Å². The Morgan fingerprint density at radius 3 is 2.60 bits per heavy atom. The van der Waals surface area contributed by atoms with Crippen molar-refractivity contribution in [3.8, 4) is 0 Å². The van der Waals surface area contributed by atoms with Crippen LogP contribution in [0.15, 0.2) is 41.3 Å². The summed E-state index contributed by atoms with van der Waals surface area (Å²) in [4.78, 5) is 33.4. The summed E-state index contributed by atoms with van der Waals surface area (Å²) in [5.41, 5.74) is 1.89. The number of nitrogens with zero attached hydrogens (tertiary/aromatic N) is 6. The Hall–Kier alpha value is -3.27. The van der Waals surface area contributed by atoms with Gasteiger partial charge in [0.15, 0.2) is 0 Å². The van der Waals surface area contributed by atoms with E-state index in [9.17, 15) is 9.00 Å². The van der Waals surface area contributed by atoms with Crippen LogP contribution in [0.5, 0.6) is 0 Å². The van der Waals surface area contributed by atoms with Crippen molar-refractivity contribution in [2.24, 2.45) is 0 Å². The number of hydrogen-bond acceptors (Lipinski definition) is 8. The van der Waals surface area contributed by atoms with Crippen LogP contribution in [0.4, 0.5) is 17.6 Å². The number of likely N-dealkylation sites (tertiary alicyclic amines) is 1. The molecule has 5 heterocycles. The normalized spacial score (nSPS) is 22.5. The number of anilines is 3. The SMILES string of the molecule is CN1CC(Nc2nc(N3CCN(c4ccc5ccccc5n4)CC3)nc3c2S(=O)CC3)CCC1=O. The quantitative estimate of drug-likeness (QED) is 0.593. The van der Waals surface area contributed by atoms with Gasteiger partial charge in [-0.15, -0.1) is 0 Å². The number of hydrogen-bond donors (Lipinski definition) is 1. The number of fused-ring (bicyclic) bond motifs is 2. The van der Waals surface area contributed by atoms with Crippen LogP contribution in [0.2, 0.25) is 0 Å². The van der Waals surface area contributed by atoms with E-state index >= 15 is 0 Å². The molecule has 1 N–H and O–H groups in total. The Labute approximate surface area is 207 Å². The molecule has 0 saturated carbocycles. The number of para-hydroxylation sites is 1. The highest BCUT2D eigenvalue weighted by Crippen LogP contribution is 2.31. The monoisotopic (exact) mass is 491 g/mol. The van der Waals surface area contributed by atoms with Gasteiger partial charge in [0.1, 0.15) is 16.5 Å². The van der Waals surface area contributed by atoms with Crippen LogP contribution in [0.3, 0.4) is 0 Å². The lowest BCUT2D eigenvalue weighted by molar-refractivity contribution is -0.132. The number of piperidine rings is 1. The Bertz CT molecular complexity index is 1310. The van der Waals surface area contributed by atoms with Gasteiger partial charge in [-0.1, -0.05) is 18.2 Å². The van der Waals surface area contributed by atoms with Crippen LogP contribution in [0.1, 0.15) is 18.5 Å². The number of amides is 1. The van der Waals surface area contributed by atoms with E-state index in [0.717, 1.165) is 59.9 Å². The summed E-state index contributed by atoms with van der Waals surface area (Å²) >= 11 is 0. The zero-order chi connectivity index (χ0) is 23.9. The molecule has 0 radical (unpaired) electrons. The molecule has 10 heteroatoms. The van der Waals surface area contributed by atoms with Gasteiger partial charge in [0.05, 0.1) is 22.0 Å². The standard InChI is InChI=1S/C25H29N7O2S/c1-30-16-18(7-9-22(30)33)26-24-23-20(10-15-35(23)34)28-25(29-24)32-13-11-31(12-14-32)21-8-6-17-4-2-3-5-19(17)27-21/h2-6,8,18H,7,9-16H2,1H3,(H,26,28,29). The van der Waals surface area contributed by atoms with E-state index in [4.69, 9.17) is 15.0 Å². The third-order valence-electron chi connectivity index (χ3n) is 7.11. The second kappa shape index (κ2) is 9.07. The van der Waals surface area contributed by atoms with Crippen molar-refractivity contribution < 1.29 is 9.00 Å². The summed E-state index contributed by atoms with van der Waals surface area (Å²) in [5.74, 6) is 3.11. The molecule has 3 aromatic rings. The second-order valence-electron chi connectivity index (χ2n) is 9.44. The zero-order valence-corrected chi connectivity index (χ0v) is 20.6. The average molecular weight is 492 g/mol. The fraction of sp³-hybridized carbons (Fsp3) is 0.440. The molecule has 3 aliphatic heterocycles. The van der Waals surface area contributed by atoms with Gasteiger partial charge in [-0.25, -0.2) is 9.97 Å². The number of aromatic nitrogens is 3. The number of pyridine rings is 1. The second-order valence-corrected chi connectivity index (χ2v) is 10.9. The van der Waals surface area contributed by atoms with Gasteiger partial charge < -0.3 is 20.0 Å². The number of nitrogens with one attached hydrogen (secondary N) is 1. The van der Waals surface area contributed by atoms with Crippen molar-refractivity contribution in [2.75, 3.05) is 60.6 Å². The van der Waals surface area contributed by atoms with Gasteiger partial charge in [0, 0.05) is 69.8 Å². The van der Waals surface area contributed by atoms with Gasteiger partial charge in [-0.3, -0.25) is 9.00 Å². The van der Waals surface area contributed by atoms with Crippen LogP contribution < -0.4 is 15.1 Å². The van der Waals surface area contributed by atoms with E-state index < -0.39 is 10.8 Å². The maximum absolute atomic E-state index is 12.7. The molecule has 1 amide bonds. The third kappa shape index (κ3) is 4.31. The third-order valence-corrected chi connectivity index (χ3v) is 8.57. The Morgan fingerprint density at radius 2 is 1.77 bits per heavy atom. The van der Waals surface area contributed by atoms with Gasteiger partial charge in [-0.2, -0.15) is 4.98 Å². The summed E-state index contributed by atoms with van der Waals surface area (Å²) < 4.78 is 12.7. The number of carbonyl (C=O) groups is 1. The number of rotatable bonds is 4. The highest BCUT2D eigenvalue weighted by Gasteiger charge is 2.31. The van der Waals surface area contributed by atoms with E-state index in [-0.39, 0.29) is 11.9 Å². The minimum Gasteiger partial charge on any atom is -0.364 e. The zero-order valence-electron chi connectivity index (χ0n) is 19.8. The first kappa shape index (κ1) is 22.2. The lowest BCUT2D eigenvalue weighted by Crippen LogP contribution is -2.47. The fourth-order valence-electron chi connectivity index (χ4n) is 5.11. The van der Waals surface area contributed by atoms with E-state index in [1.165, 1.54) is 0 Å². The number of piperazine rings is 1. The summed E-state index contributed by atoms with van der Waals surface area (Å²) in [6, 6.07) is 12.5. The van der Waals surface area contributed by atoms with Crippen LogP contribution >= 0.6 is 0 Å². The molecular formula is C25H29N7O2S. The molecule has 6 rings (SSSR count). The largest absolute Gasteiger partial charge is 0.364 e. The van der Waals surface area contributed by atoms with Crippen LogP contribution in [0, 0.1) is 0 Å². The van der Waals surface area contributed by atoms with E-state index in [1.54, 1.807) is 4.90 Å². The molecule has 2 aromatic heterocycles. The fourth-order valence-corrected chi connectivity index (χ4v) is 6.43. The van der Waals surface area contributed by atoms with Crippen molar-refractivity contribution in [2.45, 2.75) is 30.2 Å². The molecule has 0 bridgehead atoms. The molecule has 2 saturated heterocycles. The predicted molar refractivity (Wildman–Crippen MR) is 137 cm³/mol. The van der Waals surface area contributed by atoms with Crippen LogP contribution in [-0.2, 0) is 22.0 Å². The Morgan fingerprint density at radius 1 is 0.971 bits per heavy atom. The van der Waals surface area contributed by atoms with Crippen molar-refractivity contribution in [1.29, 1.82) is 0 Å². The van der Waals surface area contributed by atoms with E-state index in [0.29, 0.717) is 36.9 Å². The van der Waals surface area contributed by atoms with Crippen molar-refractivity contribution in [3.05, 3.63) is 42.1 Å². The topological polar surface area (TPSA) is 94.6 Å². The Kier molecular flexibility index (Phi) is 5.75. The predicted octanol–water partition coefficient (Wildman–Crippen LogP) is 2.05. The molecule has 0 spiro atoms.